The molecule has 7 heteroatoms. The summed E-state index contributed by atoms with van der Waals surface area (Å²) in [5, 5.41) is 0. The van der Waals surface area contributed by atoms with Gasteiger partial charge in [-0.3, -0.25) is 9.59 Å². The summed E-state index contributed by atoms with van der Waals surface area (Å²) in [4.78, 5) is 30.4. The predicted octanol–water partition coefficient (Wildman–Crippen LogP) is 2.67. The number of hydrogen-bond acceptors (Lipinski definition) is 3. The summed E-state index contributed by atoms with van der Waals surface area (Å²) < 4.78 is 27.4. The first kappa shape index (κ1) is 18.4. The van der Waals surface area contributed by atoms with Gasteiger partial charge in [0.25, 0.3) is 0 Å². The van der Waals surface area contributed by atoms with E-state index < -0.39 is 11.7 Å². The Balaban J connectivity index is 1.38. The monoisotopic (exact) mass is 385 g/mol. The van der Waals surface area contributed by atoms with Crippen LogP contribution in [0.25, 0.3) is 0 Å². The molecule has 2 aliphatic heterocycles. The first-order valence-corrected chi connectivity index (χ1v) is 9.37. The summed E-state index contributed by atoms with van der Waals surface area (Å²) in [5.74, 6) is -1.36. The summed E-state index contributed by atoms with van der Waals surface area (Å²) in [6.45, 7) is 2.31. The summed E-state index contributed by atoms with van der Waals surface area (Å²) in [6.07, 6.45) is 0.128. The summed E-state index contributed by atoms with van der Waals surface area (Å²) >= 11 is 0. The summed E-state index contributed by atoms with van der Waals surface area (Å²) in [7, 11) is 0. The number of hydrogen-bond donors (Lipinski definition) is 0. The van der Waals surface area contributed by atoms with Gasteiger partial charge in [0, 0.05) is 44.8 Å². The lowest BCUT2D eigenvalue weighted by atomic mass is 10.1. The van der Waals surface area contributed by atoms with Crippen molar-refractivity contribution >= 4 is 23.2 Å². The highest BCUT2D eigenvalue weighted by Crippen LogP contribution is 2.27. The molecule has 146 valence electrons. The molecule has 1 unspecified atom stereocenters. The Kier molecular flexibility index (Phi) is 4.98. The van der Waals surface area contributed by atoms with E-state index in [9.17, 15) is 18.4 Å². The molecule has 0 N–H and O–H groups in total. The van der Waals surface area contributed by atoms with Crippen molar-refractivity contribution in [2.75, 3.05) is 42.5 Å². The van der Waals surface area contributed by atoms with Gasteiger partial charge >= 0.3 is 0 Å². The minimum atomic E-state index is -0.434. The highest BCUT2D eigenvalue weighted by atomic mass is 19.1. The molecule has 2 aliphatic rings. The Bertz CT molecular complexity index is 897. The van der Waals surface area contributed by atoms with Crippen LogP contribution in [0.1, 0.15) is 6.42 Å². The highest BCUT2D eigenvalue weighted by Gasteiger charge is 2.38. The van der Waals surface area contributed by atoms with E-state index in [1.165, 1.54) is 23.1 Å². The van der Waals surface area contributed by atoms with Crippen molar-refractivity contribution < 1.29 is 18.4 Å². The van der Waals surface area contributed by atoms with Crippen LogP contribution in [0, 0.1) is 17.6 Å². The standard InChI is InChI=1S/C21H21F2N3O2/c22-16-4-3-5-17(13-16)26-14-15(12-20(26)27)21(28)25-10-8-24(9-11-25)19-7-2-1-6-18(19)23/h1-7,13,15H,8-12,14H2. The first-order chi connectivity index (χ1) is 13.5. The molecule has 2 heterocycles. The van der Waals surface area contributed by atoms with Crippen molar-refractivity contribution in [3.05, 3.63) is 60.2 Å². The largest absolute Gasteiger partial charge is 0.366 e. The van der Waals surface area contributed by atoms with E-state index >= 15 is 0 Å². The van der Waals surface area contributed by atoms with Gasteiger partial charge in [0.2, 0.25) is 11.8 Å². The Labute approximate surface area is 162 Å². The van der Waals surface area contributed by atoms with Crippen molar-refractivity contribution in [1.82, 2.24) is 4.90 Å². The fourth-order valence-corrected chi connectivity index (χ4v) is 3.90. The number of nitrogens with zero attached hydrogens (tertiary/aromatic N) is 3. The van der Waals surface area contributed by atoms with E-state index in [4.69, 9.17) is 0 Å². The van der Waals surface area contributed by atoms with Crippen LogP contribution < -0.4 is 9.80 Å². The number of carbonyl (C=O) groups excluding carboxylic acids is 2. The average Bonchev–Trinajstić information content (AvgIpc) is 3.10. The smallest absolute Gasteiger partial charge is 0.228 e. The lowest BCUT2D eigenvalue weighted by Gasteiger charge is -2.37. The summed E-state index contributed by atoms with van der Waals surface area (Å²) in [6, 6.07) is 12.5. The van der Waals surface area contributed by atoms with Crippen LogP contribution in [0.5, 0.6) is 0 Å². The molecule has 2 amide bonds. The normalized spacial score (nSPS) is 20.0. The average molecular weight is 385 g/mol. The maximum Gasteiger partial charge on any atom is 0.228 e. The van der Waals surface area contributed by atoms with Gasteiger partial charge in [-0.1, -0.05) is 18.2 Å². The van der Waals surface area contributed by atoms with Crippen LogP contribution in [0.3, 0.4) is 0 Å². The number of rotatable bonds is 3. The number of halogens is 2. The number of para-hydroxylation sites is 1. The van der Waals surface area contributed by atoms with Crippen LogP contribution in [0.2, 0.25) is 0 Å². The molecule has 2 saturated heterocycles. The fourth-order valence-electron chi connectivity index (χ4n) is 3.90. The molecule has 2 aromatic carbocycles. The molecule has 2 fully saturated rings. The molecular formula is C21H21F2N3O2. The van der Waals surface area contributed by atoms with Crippen LogP contribution in [0.4, 0.5) is 20.2 Å². The third-order valence-electron chi connectivity index (χ3n) is 5.38. The number of piperazine rings is 1. The van der Waals surface area contributed by atoms with E-state index in [1.807, 2.05) is 4.90 Å². The molecule has 2 aromatic rings. The van der Waals surface area contributed by atoms with Crippen molar-refractivity contribution in [2.24, 2.45) is 5.92 Å². The zero-order chi connectivity index (χ0) is 19.7. The van der Waals surface area contributed by atoms with Crippen molar-refractivity contribution in [3.8, 4) is 0 Å². The molecular weight excluding hydrogens is 364 g/mol. The van der Waals surface area contributed by atoms with Gasteiger partial charge < -0.3 is 14.7 Å². The van der Waals surface area contributed by atoms with Gasteiger partial charge in [0.05, 0.1) is 11.6 Å². The molecule has 0 aliphatic carbocycles. The zero-order valence-electron chi connectivity index (χ0n) is 15.4. The van der Waals surface area contributed by atoms with Gasteiger partial charge in [0.15, 0.2) is 0 Å². The number of benzene rings is 2. The van der Waals surface area contributed by atoms with E-state index in [0.29, 0.717) is 37.6 Å². The van der Waals surface area contributed by atoms with Gasteiger partial charge in [-0.2, -0.15) is 0 Å². The third kappa shape index (κ3) is 3.56. The predicted molar refractivity (Wildman–Crippen MR) is 102 cm³/mol. The topological polar surface area (TPSA) is 43.9 Å². The Morgan fingerprint density at radius 3 is 2.43 bits per heavy atom. The van der Waals surface area contributed by atoms with Gasteiger partial charge in [0.1, 0.15) is 11.6 Å². The molecule has 0 bridgehead atoms. The SMILES string of the molecule is O=C(C1CC(=O)N(c2cccc(F)c2)C1)N1CCN(c2ccccc2F)CC1. The maximum atomic E-state index is 14.0. The highest BCUT2D eigenvalue weighted by molar-refractivity contribution is 6.00. The van der Waals surface area contributed by atoms with Crippen molar-refractivity contribution in [1.29, 1.82) is 0 Å². The van der Waals surface area contributed by atoms with Crippen LogP contribution in [0.15, 0.2) is 48.5 Å². The number of amides is 2. The van der Waals surface area contributed by atoms with Crippen LogP contribution >= 0.6 is 0 Å². The minimum absolute atomic E-state index is 0.0690. The lowest BCUT2D eigenvalue weighted by Crippen LogP contribution is -2.51. The second-order valence-electron chi connectivity index (χ2n) is 7.15. The quantitative estimate of drug-likeness (QED) is 0.816. The van der Waals surface area contributed by atoms with Gasteiger partial charge in [-0.05, 0) is 30.3 Å². The van der Waals surface area contributed by atoms with E-state index in [1.54, 1.807) is 35.2 Å². The third-order valence-corrected chi connectivity index (χ3v) is 5.38. The molecule has 0 radical (unpaired) electrons. The van der Waals surface area contributed by atoms with Crippen LogP contribution in [-0.2, 0) is 9.59 Å². The van der Waals surface area contributed by atoms with Gasteiger partial charge in [-0.25, -0.2) is 8.78 Å². The Morgan fingerprint density at radius 1 is 0.964 bits per heavy atom. The molecule has 0 saturated carbocycles. The Morgan fingerprint density at radius 2 is 1.71 bits per heavy atom. The lowest BCUT2D eigenvalue weighted by molar-refractivity contribution is -0.136. The zero-order valence-corrected chi connectivity index (χ0v) is 15.4. The number of anilines is 2. The maximum absolute atomic E-state index is 14.0. The molecule has 28 heavy (non-hydrogen) atoms. The molecule has 0 spiro atoms. The molecule has 4 rings (SSSR count). The second kappa shape index (κ2) is 7.58. The number of carbonyl (C=O) groups is 2. The van der Waals surface area contributed by atoms with Crippen molar-refractivity contribution in [2.45, 2.75) is 6.42 Å². The van der Waals surface area contributed by atoms with E-state index in [0.717, 1.165) is 0 Å². The van der Waals surface area contributed by atoms with Crippen molar-refractivity contribution in [3.63, 3.8) is 0 Å². The fraction of sp³-hybridized carbons (Fsp3) is 0.333. The van der Waals surface area contributed by atoms with E-state index in [2.05, 4.69) is 0 Å². The van der Waals surface area contributed by atoms with Gasteiger partial charge in [-0.15, -0.1) is 0 Å². The second-order valence-corrected chi connectivity index (χ2v) is 7.15. The Hall–Kier alpha value is -2.96. The molecule has 5 nitrogen and oxygen atoms in total. The van der Waals surface area contributed by atoms with Crippen LogP contribution in [-0.4, -0.2) is 49.4 Å². The molecule has 1 atom stereocenters. The summed E-state index contributed by atoms with van der Waals surface area (Å²) in [5.41, 5.74) is 1.02. The van der Waals surface area contributed by atoms with E-state index in [-0.39, 0.29) is 30.6 Å². The minimum Gasteiger partial charge on any atom is -0.366 e. The molecule has 0 aromatic heterocycles. The first-order valence-electron chi connectivity index (χ1n) is 9.37.